The van der Waals surface area contributed by atoms with Gasteiger partial charge in [-0.2, -0.15) is 13.2 Å². The third-order valence-corrected chi connectivity index (χ3v) is 3.61. The smallest absolute Gasteiger partial charge is 0.392 e. The molecule has 1 aromatic carbocycles. The van der Waals surface area contributed by atoms with Crippen molar-refractivity contribution >= 4 is 20.9 Å². The predicted molar refractivity (Wildman–Crippen MR) is 69.3 cm³/mol. The predicted octanol–water partition coefficient (Wildman–Crippen LogP) is 2.21. The van der Waals surface area contributed by atoms with Gasteiger partial charge in [-0.25, -0.2) is 13.6 Å². The number of pyridine rings is 1. The summed E-state index contributed by atoms with van der Waals surface area (Å²) in [5.74, 6) is 0.0715. The standard InChI is InChI=1S/C12H11F3N2O3S/c13-12(14,15)5-7-20-9-3-4-10(21(16,18)19)8-2-1-6-17-11(8)9/h1-4,6H,5,7H2,(H2,16,18,19). The number of fused-ring (bicyclic) bond motifs is 1. The van der Waals surface area contributed by atoms with Crippen molar-refractivity contribution in [3.05, 3.63) is 30.5 Å². The molecule has 0 saturated heterocycles. The number of hydrogen-bond acceptors (Lipinski definition) is 4. The number of rotatable bonds is 4. The Balaban J connectivity index is 2.39. The summed E-state index contributed by atoms with van der Waals surface area (Å²) in [7, 11) is -3.97. The van der Waals surface area contributed by atoms with E-state index < -0.39 is 29.2 Å². The molecule has 0 bridgehead atoms. The fourth-order valence-corrected chi connectivity index (χ4v) is 2.49. The van der Waals surface area contributed by atoms with E-state index in [4.69, 9.17) is 9.88 Å². The van der Waals surface area contributed by atoms with Crippen molar-refractivity contribution in [1.29, 1.82) is 0 Å². The van der Waals surface area contributed by atoms with E-state index in [0.29, 0.717) is 0 Å². The van der Waals surface area contributed by atoms with E-state index in [2.05, 4.69) is 4.98 Å². The number of hydrogen-bond donors (Lipinski definition) is 1. The summed E-state index contributed by atoms with van der Waals surface area (Å²) in [6.07, 6.45) is -4.06. The van der Waals surface area contributed by atoms with Crippen LogP contribution in [0.3, 0.4) is 0 Å². The minimum absolute atomic E-state index is 0.0715. The fraction of sp³-hybridized carbons (Fsp3) is 0.250. The molecule has 0 amide bonds. The van der Waals surface area contributed by atoms with Crippen molar-refractivity contribution in [3.63, 3.8) is 0 Å². The van der Waals surface area contributed by atoms with Crippen LogP contribution in [0.25, 0.3) is 10.9 Å². The van der Waals surface area contributed by atoms with Gasteiger partial charge in [0.15, 0.2) is 0 Å². The molecule has 0 unspecified atom stereocenters. The highest BCUT2D eigenvalue weighted by Crippen LogP contribution is 2.29. The molecule has 1 heterocycles. The number of benzene rings is 1. The molecule has 21 heavy (non-hydrogen) atoms. The maximum Gasteiger partial charge on any atom is 0.392 e. The summed E-state index contributed by atoms with van der Waals surface area (Å²) in [5.41, 5.74) is 0.145. The van der Waals surface area contributed by atoms with Crippen molar-refractivity contribution in [2.75, 3.05) is 6.61 Å². The summed E-state index contributed by atoms with van der Waals surface area (Å²) in [5, 5.41) is 5.28. The zero-order chi connectivity index (χ0) is 15.7. The number of nitrogens with zero attached hydrogens (tertiary/aromatic N) is 1. The molecule has 9 heteroatoms. The third kappa shape index (κ3) is 3.82. The van der Waals surface area contributed by atoms with Crippen molar-refractivity contribution in [2.45, 2.75) is 17.5 Å². The van der Waals surface area contributed by atoms with Gasteiger partial charge in [-0.15, -0.1) is 0 Å². The first-order chi connectivity index (χ1) is 9.68. The van der Waals surface area contributed by atoms with Gasteiger partial charge >= 0.3 is 6.18 Å². The van der Waals surface area contributed by atoms with Crippen LogP contribution in [0.2, 0.25) is 0 Å². The molecule has 0 aliphatic heterocycles. The van der Waals surface area contributed by atoms with Crippen LogP contribution in [0, 0.1) is 0 Å². The Morgan fingerprint density at radius 2 is 1.95 bits per heavy atom. The third-order valence-electron chi connectivity index (χ3n) is 2.64. The molecule has 0 spiro atoms. The van der Waals surface area contributed by atoms with Crippen molar-refractivity contribution < 1.29 is 26.3 Å². The zero-order valence-corrected chi connectivity index (χ0v) is 11.4. The number of alkyl halides is 3. The van der Waals surface area contributed by atoms with E-state index in [0.717, 1.165) is 0 Å². The summed E-state index contributed by atoms with van der Waals surface area (Å²) in [6, 6.07) is 5.38. The number of halogens is 3. The van der Waals surface area contributed by atoms with E-state index in [1.807, 2.05) is 0 Å². The van der Waals surface area contributed by atoms with Gasteiger partial charge in [0.25, 0.3) is 0 Å². The lowest BCUT2D eigenvalue weighted by Crippen LogP contribution is -2.14. The van der Waals surface area contributed by atoms with Crippen molar-refractivity contribution in [3.8, 4) is 5.75 Å². The lowest BCUT2D eigenvalue weighted by atomic mass is 10.2. The molecule has 0 saturated carbocycles. The Morgan fingerprint density at radius 1 is 1.24 bits per heavy atom. The Hall–Kier alpha value is -1.87. The van der Waals surface area contributed by atoms with E-state index >= 15 is 0 Å². The first kappa shape index (κ1) is 15.5. The highest BCUT2D eigenvalue weighted by Gasteiger charge is 2.27. The average Bonchev–Trinajstić information content (AvgIpc) is 2.36. The van der Waals surface area contributed by atoms with E-state index in [1.165, 1.54) is 30.5 Å². The molecule has 5 nitrogen and oxygen atoms in total. The Labute approximate surface area is 118 Å². The van der Waals surface area contributed by atoms with Crippen molar-refractivity contribution in [2.24, 2.45) is 5.14 Å². The summed E-state index contributed by atoms with van der Waals surface area (Å²) in [6.45, 7) is -0.579. The average molecular weight is 320 g/mol. The van der Waals surface area contributed by atoms with Gasteiger partial charge < -0.3 is 4.74 Å². The van der Waals surface area contributed by atoms with Crippen LogP contribution in [0.15, 0.2) is 35.4 Å². The second-order valence-corrected chi connectivity index (χ2v) is 5.75. The maximum absolute atomic E-state index is 12.1. The Kier molecular flexibility index (Phi) is 4.06. The number of primary sulfonamides is 1. The van der Waals surface area contributed by atoms with Crippen LogP contribution in [0.4, 0.5) is 13.2 Å². The molecule has 0 aliphatic rings. The van der Waals surface area contributed by atoms with Crippen LogP contribution < -0.4 is 9.88 Å². The summed E-state index contributed by atoms with van der Waals surface area (Å²) in [4.78, 5) is 3.79. The number of ether oxygens (including phenoxy) is 1. The molecule has 2 N–H and O–H groups in total. The lowest BCUT2D eigenvalue weighted by molar-refractivity contribution is -0.139. The van der Waals surface area contributed by atoms with Gasteiger partial charge in [0.05, 0.1) is 17.9 Å². The molecule has 0 fully saturated rings. The number of sulfonamides is 1. The second kappa shape index (κ2) is 5.49. The summed E-state index contributed by atoms with van der Waals surface area (Å²) < 4.78 is 64.3. The van der Waals surface area contributed by atoms with Crippen molar-refractivity contribution in [1.82, 2.24) is 4.98 Å². The van der Waals surface area contributed by atoms with Gasteiger partial charge in [0.2, 0.25) is 10.0 Å². The van der Waals surface area contributed by atoms with Crippen LogP contribution in [-0.2, 0) is 10.0 Å². The monoisotopic (exact) mass is 320 g/mol. The molecule has 0 aliphatic carbocycles. The van der Waals surface area contributed by atoms with Crippen LogP contribution in [0.1, 0.15) is 6.42 Å². The normalized spacial score (nSPS) is 12.6. The Bertz CT molecular complexity index is 760. The zero-order valence-electron chi connectivity index (χ0n) is 10.6. The topological polar surface area (TPSA) is 82.3 Å². The van der Waals surface area contributed by atoms with Gasteiger partial charge in [-0.1, -0.05) is 0 Å². The molecule has 114 valence electrons. The molecule has 0 atom stereocenters. The fourth-order valence-electron chi connectivity index (χ4n) is 1.76. The first-order valence-electron chi connectivity index (χ1n) is 5.78. The maximum atomic E-state index is 12.1. The van der Waals surface area contributed by atoms with E-state index in [9.17, 15) is 21.6 Å². The molecule has 2 aromatic rings. The lowest BCUT2D eigenvalue weighted by Gasteiger charge is -2.11. The molecule has 2 rings (SSSR count). The van der Waals surface area contributed by atoms with E-state index in [1.54, 1.807) is 0 Å². The van der Waals surface area contributed by atoms with E-state index in [-0.39, 0.29) is 21.5 Å². The van der Waals surface area contributed by atoms with Gasteiger partial charge in [0, 0.05) is 11.6 Å². The highest BCUT2D eigenvalue weighted by atomic mass is 32.2. The van der Waals surface area contributed by atoms with Gasteiger partial charge in [-0.05, 0) is 24.3 Å². The number of aromatic nitrogens is 1. The van der Waals surface area contributed by atoms with Gasteiger partial charge in [-0.3, -0.25) is 4.98 Å². The van der Waals surface area contributed by atoms with Crippen LogP contribution in [-0.4, -0.2) is 26.2 Å². The largest absolute Gasteiger partial charge is 0.491 e. The first-order valence-corrected chi connectivity index (χ1v) is 7.33. The number of nitrogens with two attached hydrogens (primary N) is 1. The highest BCUT2D eigenvalue weighted by molar-refractivity contribution is 7.89. The SMILES string of the molecule is NS(=O)(=O)c1ccc(OCCC(F)(F)F)c2ncccc12. The second-order valence-electron chi connectivity index (χ2n) is 4.22. The minimum atomic E-state index is -4.33. The quantitative estimate of drug-likeness (QED) is 0.936. The molecular formula is C12H11F3N2O3S. The van der Waals surface area contributed by atoms with Crippen LogP contribution in [0.5, 0.6) is 5.75 Å². The molecular weight excluding hydrogens is 309 g/mol. The Morgan fingerprint density at radius 3 is 2.57 bits per heavy atom. The molecule has 0 radical (unpaired) electrons. The summed E-state index contributed by atoms with van der Waals surface area (Å²) >= 11 is 0. The van der Waals surface area contributed by atoms with Crippen LogP contribution >= 0.6 is 0 Å². The van der Waals surface area contributed by atoms with Gasteiger partial charge in [0.1, 0.15) is 11.3 Å². The minimum Gasteiger partial charge on any atom is -0.491 e. The molecule has 1 aromatic heterocycles.